The first-order chi connectivity index (χ1) is 9.83. The molecule has 0 bridgehead atoms. The van der Waals surface area contributed by atoms with Crippen LogP contribution in [0.2, 0.25) is 0 Å². The minimum absolute atomic E-state index is 0.472. The molecular formula is C17H19NO2. The van der Waals surface area contributed by atoms with Gasteiger partial charge in [0.2, 0.25) is 0 Å². The molecule has 2 aromatic rings. The molecule has 0 unspecified atom stereocenters. The van der Waals surface area contributed by atoms with E-state index in [1.54, 1.807) is 13.3 Å². The van der Waals surface area contributed by atoms with E-state index in [9.17, 15) is 0 Å². The molecule has 0 spiro atoms. The molecular weight excluding hydrogens is 250 g/mol. The number of rotatable bonds is 6. The molecule has 0 aromatic heterocycles. The van der Waals surface area contributed by atoms with Crippen molar-refractivity contribution < 1.29 is 9.57 Å². The Balaban J connectivity index is 1.93. The number of hydrogen-bond acceptors (Lipinski definition) is 3. The number of para-hydroxylation sites is 1. The van der Waals surface area contributed by atoms with Crippen LogP contribution in [0.25, 0.3) is 0 Å². The Hall–Kier alpha value is -2.29. The van der Waals surface area contributed by atoms with Crippen molar-refractivity contribution in [3.63, 3.8) is 0 Å². The van der Waals surface area contributed by atoms with Crippen molar-refractivity contribution in [2.24, 2.45) is 5.16 Å². The third kappa shape index (κ3) is 3.85. The molecule has 20 heavy (non-hydrogen) atoms. The van der Waals surface area contributed by atoms with Gasteiger partial charge in [-0.05, 0) is 29.7 Å². The molecule has 3 nitrogen and oxygen atoms in total. The Morgan fingerprint density at radius 1 is 1.05 bits per heavy atom. The third-order valence-electron chi connectivity index (χ3n) is 3.04. The highest BCUT2D eigenvalue weighted by atomic mass is 16.6. The molecule has 0 N–H and O–H groups in total. The molecule has 0 heterocycles. The first-order valence-electron chi connectivity index (χ1n) is 6.69. The second-order valence-electron chi connectivity index (χ2n) is 4.42. The number of benzene rings is 2. The topological polar surface area (TPSA) is 30.8 Å². The third-order valence-corrected chi connectivity index (χ3v) is 3.04. The maximum absolute atomic E-state index is 5.34. The van der Waals surface area contributed by atoms with Gasteiger partial charge < -0.3 is 9.57 Å². The lowest BCUT2D eigenvalue weighted by molar-refractivity contribution is 0.132. The first-order valence-corrected chi connectivity index (χ1v) is 6.69. The zero-order valence-corrected chi connectivity index (χ0v) is 11.9. The van der Waals surface area contributed by atoms with E-state index in [0.717, 1.165) is 23.3 Å². The summed E-state index contributed by atoms with van der Waals surface area (Å²) < 4.78 is 5.24. The van der Waals surface area contributed by atoms with E-state index < -0.39 is 0 Å². The summed E-state index contributed by atoms with van der Waals surface area (Å²) in [6.07, 6.45) is 2.70. The van der Waals surface area contributed by atoms with Gasteiger partial charge in [-0.1, -0.05) is 48.5 Å². The van der Waals surface area contributed by atoms with Crippen molar-refractivity contribution in [2.75, 3.05) is 7.11 Å². The lowest BCUT2D eigenvalue weighted by Gasteiger charge is -2.04. The second-order valence-corrected chi connectivity index (χ2v) is 4.42. The first kappa shape index (κ1) is 14.1. The number of hydrogen-bond donors (Lipinski definition) is 0. The predicted molar refractivity (Wildman–Crippen MR) is 81.2 cm³/mol. The Kier molecular flexibility index (Phi) is 5.18. The fourth-order valence-corrected chi connectivity index (χ4v) is 1.92. The molecule has 0 aliphatic carbocycles. The number of ether oxygens (including phenoxy) is 1. The van der Waals surface area contributed by atoms with Gasteiger partial charge in [-0.2, -0.15) is 0 Å². The maximum Gasteiger partial charge on any atom is 0.142 e. The molecule has 0 aliphatic rings. The Labute approximate surface area is 119 Å². The average molecular weight is 269 g/mol. The van der Waals surface area contributed by atoms with Crippen molar-refractivity contribution in [3.05, 3.63) is 65.2 Å². The van der Waals surface area contributed by atoms with Gasteiger partial charge >= 0.3 is 0 Å². The van der Waals surface area contributed by atoms with Gasteiger partial charge in [0.25, 0.3) is 0 Å². The van der Waals surface area contributed by atoms with E-state index in [1.807, 2.05) is 36.4 Å². The molecule has 104 valence electrons. The molecule has 0 fully saturated rings. The van der Waals surface area contributed by atoms with E-state index in [2.05, 4.69) is 24.2 Å². The summed E-state index contributed by atoms with van der Waals surface area (Å²) in [7, 11) is 1.64. The zero-order chi connectivity index (χ0) is 14.2. The Bertz CT molecular complexity index is 579. The highest BCUT2D eigenvalue weighted by Crippen LogP contribution is 2.15. The van der Waals surface area contributed by atoms with Gasteiger partial charge in [-0.25, -0.2) is 0 Å². The fraction of sp³-hybridized carbons (Fsp3) is 0.235. The number of nitrogens with zero attached hydrogens (tertiary/aromatic N) is 1. The molecule has 2 aromatic carbocycles. The molecule has 0 saturated carbocycles. The molecule has 0 amide bonds. The summed E-state index contributed by atoms with van der Waals surface area (Å²) in [6, 6.07) is 16.0. The van der Waals surface area contributed by atoms with Crippen LogP contribution in [0.3, 0.4) is 0 Å². The van der Waals surface area contributed by atoms with E-state index >= 15 is 0 Å². The van der Waals surface area contributed by atoms with Crippen LogP contribution < -0.4 is 4.74 Å². The van der Waals surface area contributed by atoms with Crippen LogP contribution in [-0.2, 0) is 17.9 Å². The van der Waals surface area contributed by atoms with E-state index in [4.69, 9.17) is 9.57 Å². The Morgan fingerprint density at radius 2 is 1.85 bits per heavy atom. The van der Waals surface area contributed by atoms with Gasteiger partial charge in [-0.3, -0.25) is 0 Å². The lowest BCUT2D eigenvalue weighted by Crippen LogP contribution is -1.92. The van der Waals surface area contributed by atoms with Crippen LogP contribution in [0.5, 0.6) is 5.75 Å². The normalized spacial score (nSPS) is 10.7. The molecule has 2 rings (SSSR count). The summed E-state index contributed by atoms with van der Waals surface area (Å²) in [5.74, 6) is 0.785. The van der Waals surface area contributed by atoms with Crippen LogP contribution in [0.15, 0.2) is 53.7 Å². The average Bonchev–Trinajstić information content (AvgIpc) is 2.52. The molecule has 3 heteroatoms. The zero-order valence-electron chi connectivity index (χ0n) is 11.9. The van der Waals surface area contributed by atoms with Gasteiger partial charge in [0, 0.05) is 5.56 Å². The monoisotopic (exact) mass is 269 g/mol. The van der Waals surface area contributed by atoms with Crippen LogP contribution in [0.4, 0.5) is 0 Å². The van der Waals surface area contributed by atoms with E-state index in [0.29, 0.717) is 6.61 Å². The highest BCUT2D eigenvalue weighted by Gasteiger charge is 1.98. The SMILES string of the molecule is CCc1cccc(CON=Cc2ccccc2OC)c1. The van der Waals surface area contributed by atoms with Crippen LogP contribution in [-0.4, -0.2) is 13.3 Å². The van der Waals surface area contributed by atoms with Crippen molar-refractivity contribution in [1.82, 2.24) is 0 Å². The minimum Gasteiger partial charge on any atom is -0.496 e. The quantitative estimate of drug-likeness (QED) is 0.590. The largest absolute Gasteiger partial charge is 0.496 e. The predicted octanol–water partition coefficient (Wildman–Crippen LogP) is 3.81. The molecule has 0 aliphatic heterocycles. The standard InChI is InChI=1S/C17H19NO2/c1-3-14-7-6-8-15(11-14)13-20-18-12-16-9-4-5-10-17(16)19-2/h4-12H,3,13H2,1-2H3. The smallest absolute Gasteiger partial charge is 0.142 e. The second kappa shape index (κ2) is 7.34. The molecule has 0 radical (unpaired) electrons. The van der Waals surface area contributed by atoms with Gasteiger partial charge in [-0.15, -0.1) is 0 Å². The van der Waals surface area contributed by atoms with Crippen LogP contribution in [0, 0.1) is 0 Å². The minimum atomic E-state index is 0.472. The molecule has 0 saturated heterocycles. The van der Waals surface area contributed by atoms with Gasteiger partial charge in [0.1, 0.15) is 12.4 Å². The van der Waals surface area contributed by atoms with Crippen LogP contribution in [0.1, 0.15) is 23.6 Å². The summed E-state index contributed by atoms with van der Waals surface area (Å²) >= 11 is 0. The van der Waals surface area contributed by atoms with Gasteiger partial charge in [0.15, 0.2) is 0 Å². The van der Waals surface area contributed by atoms with Crippen molar-refractivity contribution in [3.8, 4) is 5.75 Å². The Morgan fingerprint density at radius 3 is 2.65 bits per heavy atom. The maximum atomic E-state index is 5.34. The summed E-state index contributed by atoms with van der Waals surface area (Å²) in [5.41, 5.74) is 3.33. The highest BCUT2D eigenvalue weighted by molar-refractivity contribution is 5.82. The van der Waals surface area contributed by atoms with Crippen molar-refractivity contribution in [1.29, 1.82) is 0 Å². The number of oxime groups is 1. The lowest BCUT2D eigenvalue weighted by atomic mass is 10.1. The summed E-state index contributed by atoms with van der Waals surface area (Å²) in [4.78, 5) is 5.34. The number of aryl methyl sites for hydroxylation is 1. The summed E-state index contributed by atoms with van der Waals surface area (Å²) in [6.45, 7) is 2.61. The van der Waals surface area contributed by atoms with Crippen LogP contribution >= 0.6 is 0 Å². The van der Waals surface area contributed by atoms with E-state index in [1.165, 1.54) is 5.56 Å². The fourth-order valence-electron chi connectivity index (χ4n) is 1.92. The van der Waals surface area contributed by atoms with Crippen molar-refractivity contribution in [2.45, 2.75) is 20.0 Å². The van der Waals surface area contributed by atoms with Gasteiger partial charge in [0.05, 0.1) is 13.3 Å². The summed E-state index contributed by atoms with van der Waals surface area (Å²) in [5, 5.41) is 4.00. The molecule has 0 atom stereocenters. The van der Waals surface area contributed by atoms with Crippen molar-refractivity contribution >= 4 is 6.21 Å². The van der Waals surface area contributed by atoms with E-state index in [-0.39, 0.29) is 0 Å². The number of methoxy groups -OCH3 is 1.